The van der Waals surface area contributed by atoms with E-state index in [9.17, 15) is 31.1 Å². The Bertz CT molecular complexity index is 1430. The lowest BCUT2D eigenvalue weighted by molar-refractivity contribution is -0.143. The van der Waals surface area contributed by atoms with Crippen LogP contribution in [0.2, 0.25) is 0 Å². The number of piperidine rings is 1. The van der Waals surface area contributed by atoms with Gasteiger partial charge >= 0.3 is 24.1 Å². The Balaban J connectivity index is 1.70. The molecule has 1 aliphatic heterocycles. The van der Waals surface area contributed by atoms with Crippen LogP contribution < -0.4 is 5.73 Å². The fraction of sp³-hybridized carbons (Fsp3) is 0.355. The molecule has 3 aromatic rings. The molecule has 43 heavy (non-hydrogen) atoms. The molecule has 0 saturated carbocycles. The van der Waals surface area contributed by atoms with Crippen molar-refractivity contribution in [3.05, 3.63) is 118 Å². The Morgan fingerprint density at radius 3 is 2.05 bits per heavy atom. The summed E-state index contributed by atoms with van der Waals surface area (Å²) in [6.07, 6.45) is -11.8. The first-order valence-electron chi connectivity index (χ1n) is 13.3. The standard InChI is InChI=1S/C31H29F6N3O3/c1-21(23-15-25(30(32,33)34)17-26(16-23)31(35,36)37)43-20-28(24-11-7-4-8-12-24)13-14-29(38,39-2)19-40(28)27(41)42-18-22-9-5-3-6-10-22/h3-12,15-17,21H,13-14,18-20,38H2,1H3/t21-,28-,29+/m1/s1. The molecule has 0 bridgehead atoms. The maximum atomic E-state index is 13.6. The van der Waals surface area contributed by atoms with Gasteiger partial charge in [-0.3, -0.25) is 15.5 Å². The molecule has 0 aliphatic carbocycles. The molecule has 228 valence electrons. The summed E-state index contributed by atoms with van der Waals surface area (Å²) in [6.45, 7) is 8.29. The van der Waals surface area contributed by atoms with Crippen LogP contribution in [0.3, 0.4) is 0 Å². The molecular formula is C31H29F6N3O3. The van der Waals surface area contributed by atoms with Crippen LogP contribution in [0.4, 0.5) is 31.1 Å². The summed E-state index contributed by atoms with van der Waals surface area (Å²) in [5.74, 6) is 0. The van der Waals surface area contributed by atoms with Crippen LogP contribution in [-0.2, 0) is 34.0 Å². The van der Waals surface area contributed by atoms with Gasteiger partial charge in [0, 0.05) is 6.42 Å². The Hall–Kier alpha value is -4.08. The number of amides is 1. The zero-order valence-electron chi connectivity index (χ0n) is 23.1. The molecule has 1 aliphatic rings. The van der Waals surface area contributed by atoms with Crippen LogP contribution in [0.1, 0.15) is 53.7 Å². The number of nitrogens with two attached hydrogens (primary N) is 1. The van der Waals surface area contributed by atoms with E-state index in [0.29, 0.717) is 23.3 Å². The number of nitrogens with zero attached hydrogens (tertiary/aromatic N) is 2. The Morgan fingerprint density at radius 1 is 0.953 bits per heavy atom. The highest BCUT2D eigenvalue weighted by molar-refractivity contribution is 5.70. The van der Waals surface area contributed by atoms with Gasteiger partial charge in [-0.1, -0.05) is 60.7 Å². The molecular weight excluding hydrogens is 576 g/mol. The van der Waals surface area contributed by atoms with Crippen molar-refractivity contribution in [1.29, 1.82) is 0 Å². The number of hydrogen-bond donors (Lipinski definition) is 1. The molecule has 0 spiro atoms. The zero-order valence-corrected chi connectivity index (χ0v) is 23.1. The van der Waals surface area contributed by atoms with Crippen molar-refractivity contribution >= 4 is 6.09 Å². The second-order valence-electron chi connectivity index (χ2n) is 10.5. The van der Waals surface area contributed by atoms with Crippen molar-refractivity contribution in [3.8, 4) is 0 Å². The molecule has 0 radical (unpaired) electrons. The monoisotopic (exact) mass is 605 g/mol. The molecule has 1 saturated heterocycles. The minimum absolute atomic E-state index is 0.0541. The van der Waals surface area contributed by atoms with Gasteiger partial charge in [-0.15, -0.1) is 0 Å². The number of likely N-dealkylation sites (tertiary alicyclic amines) is 1. The van der Waals surface area contributed by atoms with E-state index in [4.69, 9.17) is 21.8 Å². The van der Waals surface area contributed by atoms with Crippen LogP contribution in [0.15, 0.2) is 78.9 Å². The van der Waals surface area contributed by atoms with Gasteiger partial charge < -0.3 is 9.47 Å². The maximum absolute atomic E-state index is 13.6. The van der Waals surface area contributed by atoms with Gasteiger partial charge in [-0.25, -0.2) is 11.4 Å². The lowest BCUT2D eigenvalue weighted by atomic mass is 9.78. The molecule has 2 N–H and O–H groups in total. The molecule has 4 rings (SSSR count). The number of alkyl halides is 6. The number of hydrogen-bond acceptors (Lipinski definition) is 4. The van der Waals surface area contributed by atoms with Gasteiger partial charge in [-0.05, 0) is 48.2 Å². The van der Waals surface area contributed by atoms with E-state index in [-0.39, 0.29) is 44.2 Å². The normalized spacial score (nSPS) is 21.6. The van der Waals surface area contributed by atoms with Crippen LogP contribution in [0.25, 0.3) is 4.85 Å². The SMILES string of the molecule is [C-]#[N+][C@@]1(N)CC[C@@](CO[C@H](C)c2cc(C(F)(F)F)cc(C(F)(F)F)c2)(c2ccccc2)N(C(=O)OCc2ccccc2)C1. The molecule has 3 aromatic carbocycles. The van der Waals surface area contributed by atoms with Gasteiger partial charge in [0.05, 0.1) is 29.4 Å². The van der Waals surface area contributed by atoms with Crippen molar-refractivity contribution in [1.82, 2.24) is 4.90 Å². The average Bonchev–Trinajstić information content (AvgIpc) is 2.99. The highest BCUT2D eigenvalue weighted by atomic mass is 19.4. The van der Waals surface area contributed by atoms with E-state index in [0.717, 1.165) is 0 Å². The Kier molecular flexibility index (Phi) is 9.08. The summed E-state index contributed by atoms with van der Waals surface area (Å²) in [7, 11) is 0. The first kappa shape index (κ1) is 31.8. The van der Waals surface area contributed by atoms with Crippen molar-refractivity contribution < 1.29 is 40.6 Å². The van der Waals surface area contributed by atoms with Gasteiger partial charge in [0.15, 0.2) is 0 Å². The number of benzene rings is 3. The molecule has 6 nitrogen and oxygen atoms in total. The highest BCUT2D eigenvalue weighted by Crippen LogP contribution is 2.43. The summed E-state index contributed by atoms with van der Waals surface area (Å²) in [5, 5.41) is 0. The first-order valence-corrected chi connectivity index (χ1v) is 13.3. The number of ether oxygens (including phenoxy) is 2. The van der Waals surface area contributed by atoms with E-state index in [2.05, 4.69) is 4.85 Å². The quantitative estimate of drug-likeness (QED) is 0.221. The summed E-state index contributed by atoms with van der Waals surface area (Å²) in [6, 6.07) is 18.8. The highest BCUT2D eigenvalue weighted by Gasteiger charge is 2.54. The van der Waals surface area contributed by atoms with E-state index < -0.39 is 46.9 Å². The van der Waals surface area contributed by atoms with Gasteiger partial charge in [0.25, 0.3) is 0 Å². The Morgan fingerprint density at radius 2 is 1.51 bits per heavy atom. The number of carbonyl (C=O) groups excluding carboxylic acids is 1. The summed E-state index contributed by atoms with van der Waals surface area (Å²) in [5.41, 5.74) is 1.57. The molecule has 1 fully saturated rings. The van der Waals surface area contributed by atoms with E-state index in [1.165, 1.54) is 11.8 Å². The third kappa shape index (κ3) is 7.29. The van der Waals surface area contributed by atoms with Crippen LogP contribution >= 0.6 is 0 Å². The maximum Gasteiger partial charge on any atom is 0.416 e. The predicted molar refractivity (Wildman–Crippen MR) is 145 cm³/mol. The predicted octanol–water partition coefficient (Wildman–Crippen LogP) is 7.70. The van der Waals surface area contributed by atoms with E-state index in [1.807, 2.05) is 0 Å². The second-order valence-corrected chi connectivity index (χ2v) is 10.5. The summed E-state index contributed by atoms with van der Waals surface area (Å²) < 4.78 is 92.6. The molecule has 3 atom stereocenters. The van der Waals surface area contributed by atoms with Crippen LogP contribution in [-0.4, -0.2) is 29.8 Å². The molecule has 0 unspecified atom stereocenters. The molecule has 1 heterocycles. The molecule has 12 heteroatoms. The van der Waals surface area contributed by atoms with Crippen molar-refractivity contribution in [2.24, 2.45) is 5.73 Å². The topological polar surface area (TPSA) is 69.2 Å². The second kappa shape index (κ2) is 12.3. The third-order valence-corrected chi connectivity index (χ3v) is 7.53. The average molecular weight is 606 g/mol. The fourth-order valence-electron chi connectivity index (χ4n) is 5.04. The Labute approximate surface area is 244 Å². The summed E-state index contributed by atoms with van der Waals surface area (Å²) in [4.78, 5) is 18.4. The fourth-order valence-corrected chi connectivity index (χ4v) is 5.04. The smallest absolute Gasteiger partial charge is 0.416 e. The third-order valence-electron chi connectivity index (χ3n) is 7.53. The number of rotatable bonds is 7. The van der Waals surface area contributed by atoms with Crippen LogP contribution in [0.5, 0.6) is 0 Å². The lowest BCUT2D eigenvalue weighted by Crippen LogP contribution is -2.64. The number of carbonyl (C=O) groups is 1. The van der Waals surface area contributed by atoms with Crippen LogP contribution in [0, 0.1) is 6.57 Å². The minimum atomic E-state index is -5.02. The van der Waals surface area contributed by atoms with Gasteiger partial charge in [0.2, 0.25) is 0 Å². The number of halogens is 6. The van der Waals surface area contributed by atoms with Crippen molar-refractivity contribution in [3.63, 3.8) is 0 Å². The largest absolute Gasteiger partial charge is 0.445 e. The van der Waals surface area contributed by atoms with E-state index in [1.54, 1.807) is 60.7 Å². The zero-order chi connectivity index (χ0) is 31.5. The molecule has 0 aromatic heterocycles. The minimum Gasteiger partial charge on any atom is -0.445 e. The van der Waals surface area contributed by atoms with Crippen molar-refractivity contribution in [2.75, 3.05) is 13.2 Å². The molecule has 1 amide bonds. The lowest BCUT2D eigenvalue weighted by Gasteiger charge is -2.48. The van der Waals surface area contributed by atoms with E-state index >= 15 is 0 Å². The summed E-state index contributed by atoms with van der Waals surface area (Å²) >= 11 is 0. The first-order chi connectivity index (χ1) is 20.2. The van der Waals surface area contributed by atoms with Gasteiger partial charge in [-0.2, -0.15) is 26.3 Å². The van der Waals surface area contributed by atoms with Crippen molar-refractivity contribution in [2.45, 2.75) is 56.0 Å². The van der Waals surface area contributed by atoms with Gasteiger partial charge in [0.1, 0.15) is 13.2 Å².